The van der Waals surface area contributed by atoms with Gasteiger partial charge in [0.25, 0.3) is 5.91 Å². The first-order chi connectivity index (χ1) is 15.4. The Hall–Kier alpha value is -2.00. The minimum absolute atomic E-state index is 0.0886. The molecular formula is C23H27ClFN3O3S. The Morgan fingerprint density at radius 2 is 1.69 bits per heavy atom. The summed E-state index contributed by atoms with van der Waals surface area (Å²) in [5, 5.41) is 2.85. The summed E-state index contributed by atoms with van der Waals surface area (Å²) in [6.07, 6.45) is 6.10. The normalized spacial score (nSPS) is 19.1. The zero-order chi connectivity index (χ0) is 22.7. The van der Waals surface area contributed by atoms with Crippen LogP contribution in [0.5, 0.6) is 0 Å². The lowest BCUT2D eigenvalue weighted by atomic mass is 9.94. The average Bonchev–Trinajstić information content (AvgIpc) is 2.81. The van der Waals surface area contributed by atoms with Crippen molar-refractivity contribution in [3.63, 3.8) is 0 Å². The molecule has 1 saturated carbocycles. The molecule has 2 aromatic carbocycles. The number of carbonyl (C=O) groups is 1. The average molecular weight is 480 g/mol. The van der Waals surface area contributed by atoms with Crippen molar-refractivity contribution < 1.29 is 17.6 Å². The summed E-state index contributed by atoms with van der Waals surface area (Å²) in [5.74, 6) is -1.55. The van der Waals surface area contributed by atoms with Crippen LogP contribution in [0.4, 0.5) is 10.1 Å². The van der Waals surface area contributed by atoms with E-state index in [0.29, 0.717) is 42.9 Å². The van der Waals surface area contributed by atoms with Crippen LogP contribution in [0, 0.1) is 5.82 Å². The Morgan fingerprint density at radius 1 is 1.00 bits per heavy atom. The maximum Gasteiger partial charge on any atom is 0.258 e. The number of halogens is 2. The number of benzene rings is 2. The Balaban J connectivity index is 1.48. The van der Waals surface area contributed by atoms with E-state index in [1.807, 2.05) is 0 Å². The molecule has 2 aliphatic rings. The van der Waals surface area contributed by atoms with Gasteiger partial charge < -0.3 is 5.32 Å². The third-order valence-electron chi connectivity index (χ3n) is 6.31. The Bertz CT molecular complexity index is 1080. The molecule has 32 heavy (non-hydrogen) atoms. The van der Waals surface area contributed by atoms with E-state index < -0.39 is 21.7 Å². The van der Waals surface area contributed by atoms with Crippen LogP contribution in [0.3, 0.4) is 0 Å². The lowest BCUT2D eigenvalue weighted by Gasteiger charge is -2.40. The number of sulfonamides is 1. The number of carbonyl (C=O) groups excluding carboxylic acids is 1. The van der Waals surface area contributed by atoms with Crippen LogP contribution in [0.1, 0.15) is 42.5 Å². The SMILES string of the molecule is O=C(Nc1ccccc1Cl)c1cc(S(=O)(=O)N2CCN(C3CCCCC3)CC2)ccc1F. The van der Waals surface area contributed by atoms with Gasteiger partial charge in [-0.1, -0.05) is 43.0 Å². The molecule has 0 bridgehead atoms. The summed E-state index contributed by atoms with van der Waals surface area (Å²) in [6.45, 7) is 2.14. The highest BCUT2D eigenvalue weighted by Gasteiger charge is 2.32. The van der Waals surface area contributed by atoms with E-state index in [2.05, 4.69) is 10.2 Å². The van der Waals surface area contributed by atoms with Crippen LogP contribution in [0.2, 0.25) is 5.02 Å². The van der Waals surface area contributed by atoms with Gasteiger partial charge in [0, 0.05) is 32.2 Å². The number of hydrogen-bond acceptors (Lipinski definition) is 4. The highest BCUT2D eigenvalue weighted by Crippen LogP contribution is 2.27. The standard InChI is InChI=1S/C23H27ClFN3O3S/c24-20-8-4-5-9-22(20)26-23(29)19-16-18(10-11-21(19)25)32(30,31)28-14-12-27(13-15-28)17-6-2-1-3-7-17/h4-5,8-11,16-17H,1-3,6-7,12-15H2,(H,26,29). The maximum atomic E-state index is 14.4. The van der Waals surface area contributed by atoms with Crippen molar-refractivity contribution in [2.45, 2.75) is 43.0 Å². The predicted octanol–water partition coefficient (Wildman–Crippen LogP) is 4.37. The summed E-state index contributed by atoms with van der Waals surface area (Å²) < 4.78 is 42.2. The second-order valence-corrected chi connectivity index (χ2v) is 10.7. The van der Waals surface area contributed by atoms with Crippen molar-refractivity contribution in [1.82, 2.24) is 9.21 Å². The van der Waals surface area contributed by atoms with Crippen molar-refractivity contribution in [3.05, 3.63) is 58.9 Å². The fourth-order valence-electron chi connectivity index (χ4n) is 4.50. The van der Waals surface area contributed by atoms with Crippen molar-refractivity contribution in [2.75, 3.05) is 31.5 Å². The maximum absolute atomic E-state index is 14.4. The molecule has 0 unspecified atom stereocenters. The number of piperazine rings is 1. The number of rotatable bonds is 5. The van der Waals surface area contributed by atoms with E-state index in [1.165, 1.54) is 42.5 Å². The van der Waals surface area contributed by atoms with E-state index in [9.17, 15) is 17.6 Å². The molecular weight excluding hydrogens is 453 g/mol. The van der Waals surface area contributed by atoms with Crippen molar-refractivity contribution in [1.29, 1.82) is 0 Å². The summed E-state index contributed by atoms with van der Waals surface area (Å²) in [6, 6.07) is 10.5. The summed E-state index contributed by atoms with van der Waals surface area (Å²) >= 11 is 6.05. The van der Waals surface area contributed by atoms with E-state index in [4.69, 9.17) is 11.6 Å². The highest BCUT2D eigenvalue weighted by molar-refractivity contribution is 7.89. The summed E-state index contributed by atoms with van der Waals surface area (Å²) in [7, 11) is -3.84. The molecule has 172 valence electrons. The predicted molar refractivity (Wildman–Crippen MR) is 123 cm³/mol. The Labute approximate surface area is 193 Å². The quantitative estimate of drug-likeness (QED) is 0.691. The van der Waals surface area contributed by atoms with Gasteiger partial charge in [-0.3, -0.25) is 9.69 Å². The molecule has 2 aromatic rings. The molecule has 0 spiro atoms. The number of amides is 1. The third-order valence-corrected chi connectivity index (χ3v) is 8.53. The van der Waals surface area contributed by atoms with E-state index in [-0.39, 0.29) is 10.5 Å². The van der Waals surface area contributed by atoms with Crippen molar-refractivity contribution in [2.24, 2.45) is 0 Å². The second kappa shape index (κ2) is 9.87. The van der Waals surface area contributed by atoms with E-state index in [0.717, 1.165) is 12.1 Å². The molecule has 0 atom stereocenters. The highest BCUT2D eigenvalue weighted by atomic mass is 35.5. The third kappa shape index (κ3) is 4.98. The molecule has 4 rings (SSSR count). The number of nitrogens with one attached hydrogen (secondary N) is 1. The molecule has 1 aliphatic carbocycles. The van der Waals surface area contributed by atoms with Gasteiger partial charge in [-0.25, -0.2) is 12.8 Å². The molecule has 0 radical (unpaired) electrons. The van der Waals surface area contributed by atoms with Gasteiger partial charge in [-0.2, -0.15) is 4.31 Å². The van der Waals surface area contributed by atoms with Gasteiger partial charge in [0.1, 0.15) is 5.82 Å². The van der Waals surface area contributed by atoms with Gasteiger partial charge in [0.05, 0.1) is 21.2 Å². The number of para-hydroxylation sites is 1. The molecule has 0 aromatic heterocycles. The molecule has 1 N–H and O–H groups in total. The summed E-state index contributed by atoms with van der Waals surface area (Å²) in [4.78, 5) is 14.9. The monoisotopic (exact) mass is 479 g/mol. The lowest BCUT2D eigenvalue weighted by molar-refractivity contribution is 0.102. The van der Waals surface area contributed by atoms with Crippen LogP contribution in [-0.2, 0) is 10.0 Å². The molecule has 1 saturated heterocycles. The summed E-state index contributed by atoms with van der Waals surface area (Å²) in [5.41, 5.74) is -0.0162. The van der Waals surface area contributed by atoms with Crippen LogP contribution >= 0.6 is 11.6 Å². The molecule has 1 heterocycles. The smallest absolute Gasteiger partial charge is 0.258 e. The largest absolute Gasteiger partial charge is 0.321 e. The van der Waals surface area contributed by atoms with Crippen LogP contribution in [-0.4, -0.2) is 55.8 Å². The van der Waals surface area contributed by atoms with Gasteiger partial charge in [-0.15, -0.1) is 0 Å². The van der Waals surface area contributed by atoms with Crippen LogP contribution in [0.25, 0.3) is 0 Å². The molecule has 1 aliphatic heterocycles. The first-order valence-corrected chi connectivity index (χ1v) is 12.8. The first-order valence-electron chi connectivity index (χ1n) is 11.0. The fraction of sp³-hybridized carbons (Fsp3) is 0.435. The molecule has 6 nitrogen and oxygen atoms in total. The number of hydrogen-bond donors (Lipinski definition) is 1. The van der Waals surface area contributed by atoms with E-state index in [1.54, 1.807) is 24.3 Å². The minimum Gasteiger partial charge on any atom is -0.321 e. The van der Waals surface area contributed by atoms with Crippen LogP contribution < -0.4 is 5.32 Å². The lowest BCUT2D eigenvalue weighted by Crippen LogP contribution is -2.52. The fourth-order valence-corrected chi connectivity index (χ4v) is 6.13. The van der Waals surface area contributed by atoms with Crippen LogP contribution in [0.15, 0.2) is 47.4 Å². The van der Waals surface area contributed by atoms with Gasteiger partial charge in [0.2, 0.25) is 10.0 Å². The number of nitrogens with zero attached hydrogens (tertiary/aromatic N) is 2. The van der Waals surface area contributed by atoms with Crippen molar-refractivity contribution >= 4 is 33.2 Å². The second-order valence-electron chi connectivity index (χ2n) is 8.31. The van der Waals surface area contributed by atoms with Gasteiger partial charge in [0.15, 0.2) is 0 Å². The topological polar surface area (TPSA) is 69.7 Å². The van der Waals surface area contributed by atoms with Gasteiger partial charge >= 0.3 is 0 Å². The minimum atomic E-state index is -3.84. The molecule has 9 heteroatoms. The zero-order valence-corrected chi connectivity index (χ0v) is 19.3. The van der Waals surface area contributed by atoms with E-state index >= 15 is 0 Å². The Kier molecular flexibility index (Phi) is 7.14. The first kappa shape index (κ1) is 23.2. The number of anilines is 1. The van der Waals surface area contributed by atoms with Crippen molar-refractivity contribution in [3.8, 4) is 0 Å². The molecule has 1 amide bonds. The van der Waals surface area contributed by atoms with Gasteiger partial charge in [-0.05, 0) is 43.2 Å². The molecule has 2 fully saturated rings. The zero-order valence-electron chi connectivity index (χ0n) is 17.8. The Morgan fingerprint density at radius 3 is 2.38 bits per heavy atom.